The number of ether oxygens (including phenoxy) is 2. The van der Waals surface area contributed by atoms with Crippen molar-refractivity contribution in [1.82, 2.24) is 9.97 Å². The lowest BCUT2D eigenvalue weighted by atomic mass is 10.2. The molecule has 1 heterocycles. The summed E-state index contributed by atoms with van der Waals surface area (Å²) < 4.78 is 23.9. The summed E-state index contributed by atoms with van der Waals surface area (Å²) in [7, 11) is 1.49. The molecule has 0 atom stereocenters. The van der Waals surface area contributed by atoms with Crippen LogP contribution in [0, 0.1) is 17.1 Å². The van der Waals surface area contributed by atoms with Crippen molar-refractivity contribution in [2.75, 3.05) is 12.8 Å². The molecule has 0 saturated heterocycles. The van der Waals surface area contributed by atoms with E-state index in [2.05, 4.69) is 9.97 Å². The third-order valence-electron chi connectivity index (χ3n) is 2.32. The van der Waals surface area contributed by atoms with Crippen molar-refractivity contribution >= 4 is 5.82 Å². The Labute approximate surface area is 114 Å². The van der Waals surface area contributed by atoms with E-state index in [1.54, 1.807) is 0 Å². The number of benzene rings is 1. The molecule has 2 N–H and O–H groups in total. The molecule has 1 aromatic carbocycles. The lowest BCUT2D eigenvalue weighted by molar-refractivity contribution is 0.177. The summed E-state index contributed by atoms with van der Waals surface area (Å²) in [4.78, 5) is 7.97. The van der Waals surface area contributed by atoms with Crippen molar-refractivity contribution in [3.8, 4) is 17.7 Å². The largest absolute Gasteiger partial charge is 0.436 e. The van der Waals surface area contributed by atoms with Gasteiger partial charge in [-0.3, -0.25) is 0 Å². The summed E-state index contributed by atoms with van der Waals surface area (Å²) in [6, 6.07) is 7.08. The Balaban J connectivity index is 2.28. The molecule has 0 aliphatic carbocycles. The maximum atomic E-state index is 13.7. The number of hydrogen-bond acceptors (Lipinski definition) is 6. The number of rotatable bonds is 4. The second kappa shape index (κ2) is 5.95. The van der Waals surface area contributed by atoms with Crippen molar-refractivity contribution < 1.29 is 13.9 Å². The van der Waals surface area contributed by atoms with E-state index in [0.29, 0.717) is 5.82 Å². The van der Waals surface area contributed by atoms with E-state index >= 15 is 0 Å². The first-order valence-corrected chi connectivity index (χ1v) is 5.62. The summed E-state index contributed by atoms with van der Waals surface area (Å²) in [5.41, 5.74) is 5.81. The van der Waals surface area contributed by atoms with Crippen LogP contribution >= 0.6 is 0 Å². The number of aromatic nitrogens is 2. The van der Waals surface area contributed by atoms with Gasteiger partial charge in [0.25, 0.3) is 0 Å². The van der Waals surface area contributed by atoms with Crippen LogP contribution in [0.5, 0.6) is 11.6 Å². The molecule has 0 saturated carbocycles. The molecule has 0 bridgehead atoms. The highest BCUT2D eigenvalue weighted by molar-refractivity contribution is 5.39. The van der Waals surface area contributed by atoms with E-state index in [1.165, 1.54) is 25.3 Å². The summed E-state index contributed by atoms with van der Waals surface area (Å²) in [5.74, 6) is -0.0826. The first-order chi connectivity index (χ1) is 9.62. The quantitative estimate of drug-likeness (QED) is 0.916. The molecule has 0 amide bonds. The highest BCUT2D eigenvalue weighted by atomic mass is 19.1. The lowest BCUT2D eigenvalue weighted by Crippen LogP contribution is -2.03. The van der Waals surface area contributed by atoms with Crippen LogP contribution < -0.4 is 10.5 Å². The molecule has 0 aliphatic heterocycles. The number of methoxy groups -OCH3 is 1. The fourth-order valence-electron chi connectivity index (χ4n) is 1.50. The van der Waals surface area contributed by atoms with Crippen molar-refractivity contribution in [1.29, 1.82) is 5.26 Å². The van der Waals surface area contributed by atoms with Gasteiger partial charge >= 0.3 is 0 Å². The van der Waals surface area contributed by atoms with Gasteiger partial charge in [0.1, 0.15) is 12.4 Å². The zero-order chi connectivity index (χ0) is 14.5. The number of anilines is 1. The van der Waals surface area contributed by atoms with E-state index in [9.17, 15) is 4.39 Å². The van der Waals surface area contributed by atoms with Crippen molar-refractivity contribution in [3.05, 3.63) is 41.5 Å². The van der Waals surface area contributed by atoms with Crippen LogP contribution in [-0.2, 0) is 11.3 Å². The summed E-state index contributed by atoms with van der Waals surface area (Å²) >= 11 is 0. The molecule has 0 fully saturated rings. The van der Waals surface area contributed by atoms with Crippen LogP contribution in [0.15, 0.2) is 24.3 Å². The van der Waals surface area contributed by atoms with Crippen LogP contribution in [0.1, 0.15) is 11.4 Å². The highest BCUT2D eigenvalue weighted by Crippen LogP contribution is 2.24. The average molecular weight is 274 g/mol. The highest BCUT2D eigenvalue weighted by Gasteiger charge is 2.09. The van der Waals surface area contributed by atoms with Crippen LogP contribution in [0.4, 0.5) is 10.2 Å². The molecule has 7 heteroatoms. The number of nitrogens with two attached hydrogens (primary N) is 1. The van der Waals surface area contributed by atoms with E-state index in [1.807, 2.05) is 6.07 Å². The van der Waals surface area contributed by atoms with Gasteiger partial charge in [0.15, 0.2) is 17.4 Å². The third kappa shape index (κ3) is 3.18. The summed E-state index contributed by atoms with van der Waals surface area (Å²) in [6.45, 7) is 0.164. The molecule has 20 heavy (non-hydrogen) atoms. The summed E-state index contributed by atoms with van der Waals surface area (Å²) in [5, 5.41) is 8.67. The Morgan fingerprint density at radius 2 is 2.15 bits per heavy atom. The van der Waals surface area contributed by atoms with E-state index in [4.69, 9.17) is 20.5 Å². The van der Waals surface area contributed by atoms with E-state index in [0.717, 1.165) is 6.07 Å². The van der Waals surface area contributed by atoms with Crippen molar-refractivity contribution in [2.24, 2.45) is 0 Å². The van der Waals surface area contributed by atoms with Gasteiger partial charge in [-0.25, -0.2) is 9.37 Å². The smallest absolute Gasteiger partial charge is 0.224 e. The van der Waals surface area contributed by atoms with Gasteiger partial charge in [0.05, 0.1) is 11.6 Å². The number of nitriles is 1. The Morgan fingerprint density at radius 3 is 2.80 bits per heavy atom. The minimum atomic E-state index is -0.658. The maximum absolute atomic E-state index is 13.7. The number of nitrogen functional groups attached to an aromatic ring is 1. The van der Waals surface area contributed by atoms with Crippen LogP contribution in [0.25, 0.3) is 0 Å². The topological polar surface area (TPSA) is 94.0 Å². The van der Waals surface area contributed by atoms with Gasteiger partial charge in [0.2, 0.25) is 5.88 Å². The van der Waals surface area contributed by atoms with E-state index < -0.39 is 5.82 Å². The zero-order valence-corrected chi connectivity index (χ0v) is 10.6. The first kappa shape index (κ1) is 13.7. The minimum Gasteiger partial charge on any atom is -0.436 e. The molecule has 2 aromatic rings. The molecule has 6 nitrogen and oxygen atoms in total. The molecule has 102 valence electrons. The van der Waals surface area contributed by atoms with Gasteiger partial charge in [0, 0.05) is 13.2 Å². The molecule has 0 radical (unpaired) electrons. The van der Waals surface area contributed by atoms with Gasteiger partial charge in [-0.15, -0.1) is 0 Å². The number of nitrogens with zero attached hydrogens (tertiary/aromatic N) is 3. The Kier molecular flexibility index (Phi) is 4.08. The number of halogens is 1. The second-order valence-corrected chi connectivity index (χ2v) is 3.84. The number of hydrogen-bond donors (Lipinski definition) is 1. The molecule has 0 aliphatic rings. The lowest BCUT2D eigenvalue weighted by Gasteiger charge is -2.08. The predicted octanol–water partition coefficient (Wildman–Crippen LogP) is 2.01. The van der Waals surface area contributed by atoms with Gasteiger partial charge in [-0.05, 0) is 18.2 Å². The normalized spacial score (nSPS) is 10.1. The Morgan fingerprint density at radius 1 is 1.35 bits per heavy atom. The predicted molar refractivity (Wildman–Crippen MR) is 68.3 cm³/mol. The SMILES string of the molecule is COCc1nc(N)cc(Oc2ccc(C#N)cc2F)n1. The van der Waals surface area contributed by atoms with Crippen molar-refractivity contribution in [3.63, 3.8) is 0 Å². The van der Waals surface area contributed by atoms with Gasteiger partial charge < -0.3 is 15.2 Å². The van der Waals surface area contributed by atoms with Gasteiger partial charge in [-0.1, -0.05) is 0 Å². The first-order valence-electron chi connectivity index (χ1n) is 5.62. The Hall–Kier alpha value is -2.72. The average Bonchev–Trinajstić information content (AvgIpc) is 2.41. The molecular weight excluding hydrogens is 263 g/mol. The molecule has 0 spiro atoms. The molecule has 0 unspecified atom stereocenters. The van der Waals surface area contributed by atoms with Crippen LogP contribution in [-0.4, -0.2) is 17.1 Å². The van der Waals surface area contributed by atoms with E-state index in [-0.39, 0.29) is 29.6 Å². The fraction of sp³-hybridized carbons (Fsp3) is 0.154. The zero-order valence-electron chi connectivity index (χ0n) is 10.6. The maximum Gasteiger partial charge on any atom is 0.224 e. The third-order valence-corrected chi connectivity index (χ3v) is 2.32. The minimum absolute atomic E-state index is 0.0505. The molecule has 1 aromatic heterocycles. The van der Waals surface area contributed by atoms with Crippen LogP contribution in [0.3, 0.4) is 0 Å². The summed E-state index contributed by atoms with van der Waals surface area (Å²) in [6.07, 6.45) is 0. The Bertz CT molecular complexity index is 670. The fourth-order valence-corrected chi connectivity index (χ4v) is 1.50. The van der Waals surface area contributed by atoms with Crippen molar-refractivity contribution in [2.45, 2.75) is 6.61 Å². The second-order valence-electron chi connectivity index (χ2n) is 3.84. The molecular formula is C13H11FN4O2. The van der Waals surface area contributed by atoms with Gasteiger partial charge in [-0.2, -0.15) is 10.2 Å². The standard InChI is InChI=1S/C13H11FN4O2/c1-19-7-12-17-11(16)5-13(18-12)20-10-3-2-8(6-15)4-9(10)14/h2-5H,7H2,1H3,(H2,16,17,18). The van der Waals surface area contributed by atoms with Crippen LogP contribution in [0.2, 0.25) is 0 Å². The molecule has 2 rings (SSSR count). The monoisotopic (exact) mass is 274 g/mol.